The minimum Gasteiger partial charge on any atom is -0.312 e. The smallest absolute Gasteiger partial charge is 0.312 e. The Hall–Kier alpha value is -0.250. The average Bonchev–Trinajstić information content (AvgIpc) is 2.68. The lowest BCUT2D eigenvalue weighted by Gasteiger charge is -2.13. The average molecular weight is 195 g/mol. The molecule has 1 N–H and O–H groups in total. The minimum atomic E-state index is -3.99. The summed E-state index contributed by atoms with van der Waals surface area (Å²) in [4.78, 5) is 0. The van der Waals surface area contributed by atoms with E-state index in [2.05, 4.69) is 5.32 Å². The van der Waals surface area contributed by atoms with Gasteiger partial charge in [0, 0.05) is 18.5 Å². The molecule has 0 aromatic carbocycles. The Bertz CT molecular complexity index is 151. The highest BCUT2D eigenvalue weighted by molar-refractivity contribution is 4.83. The summed E-state index contributed by atoms with van der Waals surface area (Å²) in [6.45, 7) is 1.95. The third-order valence-electron chi connectivity index (χ3n) is 2.19. The Kier molecular flexibility index (Phi) is 3.59. The Labute approximate surface area is 76.7 Å². The van der Waals surface area contributed by atoms with Crippen LogP contribution in [0.4, 0.5) is 13.2 Å². The maximum absolute atomic E-state index is 11.8. The molecule has 0 amide bonds. The van der Waals surface area contributed by atoms with E-state index in [1.54, 1.807) is 0 Å². The molecule has 0 aliphatic heterocycles. The fourth-order valence-electron chi connectivity index (χ4n) is 1.34. The van der Waals surface area contributed by atoms with Gasteiger partial charge in [-0.15, -0.1) is 0 Å². The predicted octanol–water partition coefficient (Wildman–Crippen LogP) is 2.86. The van der Waals surface area contributed by atoms with E-state index >= 15 is 0 Å². The summed E-state index contributed by atoms with van der Waals surface area (Å²) >= 11 is 0. The summed E-state index contributed by atoms with van der Waals surface area (Å²) < 4.78 is 35.3. The summed E-state index contributed by atoms with van der Waals surface area (Å²) in [6.07, 6.45) is -1.41. The van der Waals surface area contributed by atoms with Crippen LogP contribution in [-0.2, 0) is 0 Å². The molecule has 0 saturated heterocycles. The molecule has 0 spiro atoms. The first kappa shape index (κ1) is 10.8. The van der Waals surface area contributed by atoms with Crippen molar-refractivity contribution in [1.29, 1.82) is 0 Å². The summed E-state index contributed by atoms with van der Waals surface area (Å²) in [5.41, 5.74) is 0. The highest BCUT2D eigenvalue weighted by Crippen LogP contribution is 2.24. The predicted molar refractivity (Wildman–Crippen MR) is 45.5 cm³/mol. The monoisotopic (exact) mass is 195 g/mol. The molecule has 0 heterocycles. The Morgan fingerprint density at radius 3 is 2.46 bits per heavy atom. The highest BCUT2D eigenvalue weighted by Gasteiger charge is 2.27. The molecule has 1 nitrogen and oxygen atoms in total. The van der Waals surface area contributed by atoms with Crippen molar-refractivity contribution in [2.24, 2.45) is 0 Å². The van der Waals surface area contributed by atoms with E-state index in [-0.39, 0.29) is 12.5 Å². The number of hydrogen-bond donors (Lipinski definition) is 1. The lowest BCUT2D eigenvalue weighted by molar-refractivity contribution is -0.135. The molecule has 13 heavy (non-hydrogen) atoms. The van der Waals surface area contributed by atoms with Crippen molar-refractivity contribution in [1.82, 2.24) is 5.32 Å². The largest absolute Gasteiger partial charge is 0.389 e. The van der Waals surface area contributed by atoms with E-state index < -0.39 is 12.6 Å². The van der Waals surface area contributed by atoms with Crippen LogP contribution in [0.25, 0.3) is 0 Å². The normalized spacial score (nSPS) is 20.3. The quantitative estimate of drug-likeness (QED) is 0.711. The molecule has 1 aliphatic carbocycles. The second-order valence-electron chi connectivity index (χ2n) is 3.85. The van der Waals surface area contributed by atoms with Gasteiger partial charge in [-0.1, -0.05) is 0 Å². The molecule has 1 fully saturated rings. The van der Waals surface area contributed by atoms with E-state index in [0.29, 0.717) is 12.5 Å². The van der Waals surface area contributed by atoms with Crippen LogP contribution >= 0.6 is 0 Å². The molecule has 0 aromatic heterocycles. The highest BCUT2D eigenvalue weighted by atomic mass is 19.4. The maximum Gasteiger partial charge on any atom is 0.389 e. The molecule has 0 radical (unpaired) electrons. The van der Waals surface area contributed by atoms with Gasteiger partial charge < -0.3 is 5.32 Å². The van der Waals surface area contributed by atoms with Crippen LogP contribution in [0.15, 0.2) is 0 Å². The van der Waals surface area contributed by atoms with Crippen LogP contribution in [0.3, 0.4) is 0 Å². The second-order valence-corrected chi connectivity index (χ2v) is 3.85. The first-order chi connectivity index (χ1) is 5.97. The van der Waals surface area contributed by atoms with Crippen molar-refractivity contribution in [3.8, 4) is 0 Å². The van der Waals surface area contributed by atoms with E-state index in [4.69, 9.17) is 0 Å². The van der Waals surface area contributed by atoms with Gasteiger partial charge in [-0.05, 0) is 32.6 Å². The fourth-order valence-corrected chi connectivity index (χ4v) is 1.34. The molecule has 1 aliphatic rings. The van der Waals surface area contributed by atoms with Gasteiger partial charge >= 0.3 is 6.18 Å². The third-order valence-corrected chi connectivity index (χ3v) is 2.19. The summed E-state index contributed by atoms with van der Waals surface area (Å²) in [5, 5.41) is 3.27. The molecule has 1 atom stereocenters. The van der Waals surface area contributed by atoms with E-state index in [9.17, 15) is 13.2 Å². The van der Waals surface area contributed by atoms with Gasteiger partial charge in [0.05, 0.1) is 0 Å². The SMILES string of the molecule is CC(CCCC(F)(F)F)NC1CC1. The number of rotatable bonds is 5. The number of alkyl halides is 3. The van der Waals surface area contributed by atoms with Crippen LogP contribution in [0, 0.1) is 0 Å². The first-order valence-corrected chi connectivity index (χ1v) is 4.80. The minimum absolute atomic E-state index is 0.231. The van der Waals surface area contributed by atoms with Crippen molar-refractivity contribution in [2.75, 3.05) is 0 Å². The third kappa shape index (κ3) is 5.91. The summed E-state index contributed by atoms with van der Waals surface area (Å²) in [7, 11) is 0. The topological polar surface area (TPSA) is 12.0 Å². The standard InChI is InChI=1S/C9H16F3N/c1-7(13-8-4-5-8)3-2-6-9(10,11)12/h7-8,13H,2-6H2,1H3. The van der Waals surface area contributed by atoms with Crippen molar-refractivity contribution >= 4 is 0 Å². The number of nitrogens with one attached hydrogen (secondary N) is 1. The Morgan fingerprint density at radius 2 is 2.00 bits per heavy atom. The van der Waals surface area contributed by atoms with E-state index in [1.165, 1.54) is 12.8 Å². The van der Waals surface area contributed by atoms with Crippen molar-refractivity contribution in [3.05, 3.63) is 0 Å². The molecule has 0 aromatic rings. The molecule has 1 saturated carbocycles. The van der Waals surface area contributed by atoms with Crippen molar-refractivity contribution < 1.29 is 13.2 Å². The lowest BCUT2D eigenvalue weighted by atomic mass is 10.1. The molecule has 78 valence electrons. The zero-order valence-electron chi connectivity index (χ0n) is 7.82. The van der Waals surface area contributed by atoms with Gasteiger partial charge in [-0.25, -0.2) is 0 Å². The van der Waals surface area contributed by atoms with E-state index in [1.807, 2.05) is 6.92 Å². The molecular formula is C9H16F3N. The van der Waals surface area contributed by atoms with Crippen LogP contribution < -0.4 is 5.32 Å². The fraction of sp³-hybridized carbons (Fsp3) is 1.00. The first-order valence-electron chi connectivity index (χ1n) is 4.80. The molecule has 4 heteroatoms. The zero-order chi connectivity index (χ0) is 9.90. The van der Waals surface area contributed by atoms with Crippen LogP contribution in [0.1, 0.15) is 39.0 Å². The number of halogens is 3. The van der Waals surface area contributed by atoms with Gasteiger partial charge in [0.15, 0.2) is 0 Å². The second kappa shape index (κ2) is 4.31. The van der Waals surface area contributed by atoms with Crippen LogP contribution in [0.5, 0.6) is 0 Å². The van der Waals surface area contributed by atoms with Crippen LogP contribution in [-0.4, -0.2) is 18.3 Å². The van der Waals surface area contributed by atoms with Gasteiger partial charge in [0.2, 0.25) is 0 Å². The van der Waals surface area contributed by atoms with Crippen LogP contribution in [0.2, 0.25) is 0 Å². The van der Waals surface area contributed by atoms with Gasteiger partial charge in [-0.3, -0.25) is 0 Å². The van der Waals surface area contributed by atoms with Crippen molar-refractivity contribution in [2.45, 2.75) is 57.3 Å². The molecule has 1 rings (SSSR count). The summed E-state index contributed by atoms with van der Waals surface area (Å²) in [5.74, 6) is 0. The number of hydrogen-bond acceptors (Lipinski definition) is 1. The maximum atomic E-state index is 11.8. The molecular weight excluding hydrogens is 179 g/mol. The molecule has 0 bridgehead atoms. The van der Waals surface area contributed by atoms with Gasteiger partial charge in [0.25, 0.3) is 0 Å². The van der Waals surface area contributed by atoms with E-state index in [0.717, 1.165) is 0 Å². The Balaban J connectivity index is 1.97. The molecule has 1 unspecified atom stereocenters. The zero-order valence-corrected chi connectivity index (χ0v) is 7.82. The Morgan fingerprint density at radius 1 is 1.38 bits per heavy atom. The van der Waals surface area contributed by atoms with Crippen molar-refractivity contribution in [3.63, 3.8) is 0 Å². The lowest BCUT2D eigenvalue weighted by Crippen LogP contribution is -2.28. The van der Waals surface area contributed by atoms with Gasteiger partial charge in [-0.2, -0.15) is 13.2 Å². The van der Waals surface area contributed by atoms with Gasteiger partial charge in [0.1, 0.15) is 0 Å². The summed E-state index contributed by atoms with van der Waals surface area (Å²) in [6, 6.07) is 0.815.